The van der Waals surface area contributed by atoms with Gasteiger partial charge in [-0.05, 0) is 103 Å². The number of nitrogens with zero attached hydrogens (tertiary/aromatic N) is 5. The highest BCUT2D eigenvalue weighted by Crippen LogP contribution is 2.57. The van der Waals surface area contributed by atoms with Crippen LogP contribution in [0.3, 0.4) is 0 Å². The number of unbranched alkanes of at least 4 members (excludes halogenated alkanes) is 5. The van der Waals surface area contributed by atoms with Crippen LogP contribution >= 0.6 is 0 Å². The summed E-state index contributed by atoms with van der Waals surface area (Å²) in [6, 6.07) is 30.4. The van der Waals surface area contributed by atoms with E-state index in [0.717, 1.165) is 55.3 Å². The highest BCUT2D eigenvalue weighted by atomic mass is 16.6. The molecular formula is C85H105N11O22. The number of nitro benzene ring substituents is 1. The van der Waals surface area contributed by atoms with Crippen molar-refractivity contribution in [3.8, 4) is 16.9 Å². The average molecular weight is 1630 g/mol. The van der Waals surface area contributed by atoms with Crippen molar-refractivity contribution >= 4 is 100 Å². The molecule has 3 aliphatic heterocycles. The van der Waals surface area contributed by atoms with E-state index < -0.39 is 145 Å². The number of nitrogens with one attached hydrogen (secondary N) is 5. The summed E-state index contributed by atoms with van der Waals surface area (Å²) in [6.45, 7) is 18.7. The number of nitro groups is 1. The third-order valence-corrected chi connectivity index (χ3v) is 22.7. The van der Waals surface area contributed by atoms with Crippen molar-refractivity contribution in [1.82, 2.24) is 36.2 Å². The summed E-state index contributed by atoms with van der Waals surface area (Å²) >= 11 is 0. The number of non-ortho nitro benzene ring substituents is 1. The fraction of sp³-hybridized carbons (Fsp3) is 0.459. The molecule has 5 aromatic rings. The molecule has 3 saturated heterocycles. The number of Topliss-reactive ketones (excluding diaryl/α,β-unsaturated/α-hetero) is 3. The third kappa shape index (κ3) is 20.0. The number of ketones is 3. The standard InChI is InChI=1S/C26H23N5O5.C23H37N3O4.C20H19NO8.C16H26N2O5/c32-23-26(24(33)28-25(34)27-23,20-8-6-19(7-9-20)18-4-2-1-3-5-18)30-16-14-29(15-17-30)21-10-12-22(13-11-21)31(35)36;1-7-17(6)18(23(29)25-21-10-8-9-11-24-21)13-20(28)19(12-15(2)3)22(16(4)5)26(30)14-27;1-19(28)8-3-2-4-10(22)12(8)15(24)13-9(19)5-7-6-11(23)14(18(21)27)17(26)20(7,29)16(13)25;1-3-5-6-7-8-9-10-16(11-12(19)23-4-2)13(20)17-15(22)18-14(16)21/h1-13H,14-17H2,(H2,27,28,32,33,34);8-11,14-19,22,30H,7,12-13H2,1-6H3,(H,24,25,29);2-4,7,9,22,24,26,28-29H,5-6H2,1H3,(H2,21,27);3-11H2,1-2H3,(H2,17,18,20,21,22)/t;17-,18-,19-,22-;7-,9-,19+,20-;/m.00./s1. The predicted molar refractivity (Wildman–Crippen MR) is 429 cm³/mol. The molecule has 6 aliphatic rings. The molecule has 3 aliphatic carbocycles. The molecule has 0 spiro atoms. The van der Waals surface area contributed by atoms with Gasteiger partial charge in [0.25, 0.3) is 23.4 Å². The van der Waals surface area contributed by atoms with Crippen LogP contribution in [-0.2, 0) is 68.6 Å². The van der Waals surface area contributed by atoms with E-state index in [-0.39, 0.29) is 84.3 Å². The largest absolute Gasteiger partial charge is 0.508 e. The lowest BCUT2D eigenvalue weighted by Crippen LogP contribution is -2.73. The fourth-order valence-electron chi connectivity index (χ4n) is 16.3. The van der Waals surface area contributed by atoms with Crippen LogP contribution in [0.1, 0.15) is 162 Å². The number of amides is 11. The summed E-state index contributed by atoms with van der Waals surface area (Å²) in [4.78, 5) is 179. The number of barbiturate groups is 2. The molecule has 0 bridgehead atoms. The van der Waals surface area contributed by atoms with E-state index in [4.69, 9.17) is 10.5 Å². The van der Waals surface area contributed by atoms with Crippen LogP contribution in [0.2, 0.25) is 0 Å². The van der Waals surface area contributed by atoms with Crippen LogP contribution in [0.25, 0.3) is 16.9 Å². The fourth-order valence-corrected chi connectivity index (χ4v) is 16.3. The van der Waals surface area contributed by atoms with E-state index in [1.807, 2.05) is 88.9 Å². The maximum absolute atomic E-state index is 13.4. The number of anilines is 2. The number of ether oxygens (including phenoxy) is 1. The van der Waals surface area contributed by atoms with Gasteiger partial charge in [-0.2, -0.15) is 0 Å². The first-order valence-corrected chi connectivity index (χ1v) is 39.5. The van der Waals surface area contributed by atoms with Crippen molar-refractivity contribution < 1.29 is 103 Å². The topological polar surface area (TPSA) is 504 Å². The van der Waals surface area contributed by atoms with Gasteiger partial charge in [0.2, 0.25) is 35.5 Å². The lowest BCUT2D eigenvalue weighted by atomic mass is 9.56. The number of nitrogens with two attached hydrogens (primary N) is 1. The predicted octanol–water partition coefficient (Wildman–Crippen LogP) is 8.95. The van der Waals surface area contributed by atoms with Crippen LogP contribution in [-0.4, -0.2) is 172 Å². The number of aromatic hydroxyl groups is 1. The number of aromatic nitrogens is 1. The number of benzene rings is 4. The molecule has 1 aromatic heterocycles. The van der Waals surface area contributed by atoms with Gasteiger partial charge in [0, 0.05) is 92.3 Å². The molecule has 11 rings (SSSR count). The monoisotopic (exact) mass is 1630 g/mol. The Hall–Kier alpha value is -11.9. The Morgan fingerprint density at radius 2 is 1.32 bits per heavy atom. The quantitative estimate of drug-likeness (QED) is 0.00310. The molecule has 11 amide bonds. The second-order valence-corrected chi connectivity index (χ2v) is 31.2. The van der Waals surface area contributed by atoms with Gasteiger partial charge in [-0.15, -0.1) is 0 Å². The average Bonchev–Trinajstić information content (AvgIpc) is 0.695. The first kappa shape index (κ1) is 91.6. The van der Waals surface area contributed by atoms with E-state index in [1.54, 1.807) is 60.5 Å². The van der Waals surface area contributed by atoms with Gasteiger partial charge in [-0.1, -0.05) is 166 Å². The van der Waals surface area contributed by atoms with E-state index in [0.29, 0.717) is 61.9 Å². The minimum Gasteiger partial charge on any atom is -0.508 e. The zero-order chi connectivity index (χ0) is 86.9. The van der Waals surface area contributed by atoms with Crippen molar-refractivity contribution in [2.45, 2.75) is 169 Å². The number of carbonyl (C=O) groups is 13. The molecule has 1 saturated carbocycles. The minimum atomic E-state index is -2.66. The smallest absolute Gasteiger partial charge is 0.328 e. The Labute approximate surface area is 682 Å². The number of piperazine rings is 1. The molecule has 118 heavy (non-hydrogen) atoms. The van der Waals surface area contributed by atoms with Crippen LogP contribution in [0, 0.1) is 57.0 Å². The summed E-state index contributed by atoms with van der Waals surface area (Å²) < 4.78 is 4.87. The number of rotatable bonds is 29. The van der Waals surface area contributed by atoms with Crippen LogP contribution in [0.4, 0.5) is 26.8 Å². The van der Waals surface area contributed by atoms with Crippen molar-refractivity contribution in [2.75, 3.05) is 43.0 Å². The van der Waals surface area contributed by atoms with Crippen LogP contribution < -0.4 is 37.2 Å². The van der Waals surface area contributed by atoms with Crippen LogP contribution in [0.15, 0.2) is 138 Å². The molecule has 33 nitrogen and oxygen atoms in total. The zero-order valence-electron chi connectivity index (χ0n) is 67.5. The number of phenols is 1. The first-order chi connectivity index (χ1) is 55.9. The molecule has 33 heteroatoms. The maximum atomic E-state index is 13.4. The van der Waals surface area contributed by atoms with Gasteiger partial charge < -0.3 is 46.2 Å². The molecule has 4 heterocycles. The summed E-state index contributed by atoms with van der Waals surface area (Å²) in [7, 11) is 0. The number of hydrogen-bond acceptors (Lipinski definition) is 25. The molecular weight excluding hydrogens is 1530 g/mol. The van der Waals surface area contributed by atoms with Crippen molar-refractivity contribution in [2.24, 2.45) is 52.6 Å². The Morgan fingerprint density at radius 1 is 0.737 bits per heavy atom. The summed E-state index contributed by atoms with van der Waals surface area (Å²) in [5.74, 6) is -11.9. The molecule has 8 atom stereocenters. The normalized spacial score (nSPS) is 20.9. The van der Waals surface area contributed by atoms with Crippen molar-refractivity contribution in [3.05, 3.63) is 165 Å². The van der Waals surface area contributed by atoms with E-state index in [1.165, 1.54) is 37.3 Å². The lowest BCUT2D eigenvalue weighted by molar-refractivity contribution is -0.384. The van der Waals surface area contributed by atoms with Crippen LogP contribution in [0.5, 0.6) is 5.75 Å². The number of phenolic OH excluding ortho intramolecular Hbond substituents is 1. The number of hydroxylamine groups is 2. The molecule has 0 unspecified atom stereocenters. The third-order valence-electron chi connectivity index (χ3n) is 22.7. The number of aliphatic hydroxyl groups excluding tert-OH is 2. The highest BCUT2D eigenvalue weighted by molar-refractivity contribution is 6.24. The van der Waals surface area contributed by atoms with Crippen molar-refractivity contribution in [3.63, 3.8) is 0 Å². The van der Waals surface area contributed by atoms with E-state index in [2.05, 4.69) is 38.5 Å². The molecule has 632 valence electrons. The van der Waals surface area contributed by atoms with Gasteiger partial charge >= 0.3 is 18.0 Å². The Balaban J connectivity index is 0.000000199. The highest BCUT2D eigenvalue weighted by Gasteiger charge is 2.64. The lowest BCUT2D eigenvalue weighted by Gasteiger charge is -2.50. The summed E-state index contributed by atoms with van der Waals surface area (Å²) in [5, 5.41) is 87.0. The van der Waals surface area contributed by atoms with E-state index >= 15 is 0 Å². The second kappa shape index (κ2) is 39.8. The Kier molecular flexibility index (Phi) is 30.9. The number of hydrogen-bond donors (Lipinski definition) is 12. The van der Waals surface area contributed by atoms with Crippen molar-refractivity contribution in [1.29, 1.82) is 0 Å². The van der Waals surface area contributed by atoms with Gasteiger partial charge in [-0.3, -0.25) is 94.2 Å². The van der Waals surface area contributed by atoms with Gasteiger partial charge in [0.05, 0.1) is 35.2 Å². The Morgan fingerprint density at radius 3 is 1.86 bits per heavy atom. The Bertz CT molecular complexity index is 4600. The minimum absolute atomic E-state index is 0.00818. The number of carbonyl (C=O) groups excluding carboxylic acids is 13. The van der Waals surface area contributed by atoms with Gasteiger partial charge in [0.1, 0.15) is 39.9 Å². The molecule has 0 radical (unpaired) electrons. The first-order valence-electron chi connectivity index (χ1n) is 39.5. The summed E-state index contributed by atoms with van der Waals surface area (Å²) in [5.41, 5.74) is -0.517. The molecule has 13 N–H and O–H groups in total. The van der Waals surface area contributed by atoms with E-state index in [9.17, 15) is 103 Å². The zero-order valence-corrected chi connectivity index (χ0v) is 67.5. The number of imide groups is 4. The second-order valence-electron chi connectivity index (χ2n) is 31.2. The number of aliphatic hydroxyl groups is 4. The number of fused-ring (bicyclic) bond motifs is 3. The summed E-state index contributed by atoms with van der Waals surface area (Å²) in [6.07, 6.45) is 8.50. The number of esters is 1. The van der Waals surface area contributed by atoms with Gasteiger partial charge in [-0.25, -0.2) is 19.6 Å². The molecule has 4 fully saturated rings. The molecule has 4 aromatic carbocycles. The number of pyridine rings is 1. The maximum Gasteiger partial charge on any atom is 0.328 e. The number of urea groups is 2. The SMILES string of the molecule is CCCCCCCCC1(CC(=O)OCC)C(=O)NC(=O)NC1=O.CC[C@H](C)[C@H](CC(=O)[C@H](CC(C)C)[C@H](C(C)C)N(O)C=O)C(=O)Nc1ccccn1.C[C@@]1(O)c2cccc(O)c2C(O)=C2C(=O)[C@]3(O)C(O)=C(C(N)=O)C(=O)C[C@@H]3C[C@@H]21.O=C1NC(=O)C(c2ccc(-c3ccccc3)cc2)(N2CCN(c3ccc([N+](=O)[O-])cc3)CC2)C(=O)N1. The number of primary amides is 1. The van der Waals surface area contributed by atoms with Gasteiger partial charge in [0.15, 0.2) is 11.4 Å².